The molecule has 0 bridgehead atoms. The second kappa shape index (κ2) is 5.28. The normalized spacial score (nSPS) is 11.1. The van der Waals surface area contributed by atoms with Gasteiger partial charge in [0.25, 0.3) is 0 Å². The van der Waals surface area contributed by atoms with Crippen LogP contribution in [-0.2, 0) is 6.54 Å². The zero-order valence-corrected chi connectivity index (χ0v) is 12.0. The highest BCUT2D eigenvalue weighted by Crippen LogP contribution is 2.25. The lowest BCUT2D eigenvalue weighted by Crippen LogP contribution is -2.25. The first-order chi connectivity index (χ1) is 8.54. The number of rotatable bonds is 3. The van der Waals surface area contributed by atoms with Crippen LogP contribution < -0.4 is 11.4 Å². The SMILES string of the molecule is CCCCn1c(=O)oc(=O)c2cc(Cl)cc(Br)c21. The molecule has 0 saturated heterocycles. The highest BCUT2D eigenvalue weighted by molar-refractivity contribution is 9.10. The Labute approximate surface area is 116 Å². The van der Waals surface area contributed by atoms with E-state index >= 15 is 0 Å². The average Bonchev–Trinajstić information content (AvgIpc) is 2.29. The van der Waals surface area contributed by atoms with Crippen LogP contribution in [0.4, 0.5) is 0 Å². The topological polar surface area (TPSA) is 52.2 Å². The van der Waals surface area contributed by atoms with Crippen molar-refractivity contribution in [2.45, 2.75) is 26.3 Å². The minimum atomic E-state index is -0.661. The summed E-state index contributed by atoms with van der Waals surface area (Å²) < 4.78 is 6.78. The van der Waals surface area contributed by atoms with Gasteiger partial charge in [0.1, 0.15) is 0 Å². The van der Waals surface area contributed by atoms with E-state index in [-0.39, 0.29) is 0 Å². The summed E-state index contributed by atoms with van der Waals surface area (Å²) in [6.45, 7) is 2.54. The number of halogens is 2. The van der Waals surface area contributed by atoms with Crippen molar-refractivity contribution in [1.29, 1.82) is 0 Å². The first-order valence-electron chi connectivity index (χ1n) is 5.57. The summed E-state index contributed by atoms with van der Waals surface area (Å²) in [6.07, 6.45) is 1.77. The van der Waals surface area contributed by atoms with E-state index in [1.165, 1.54) is 10.6 Å². The molecular formula is C12H11BrClNO3. The average molecular weight is 333 g/mol. The third-order valence-corrected chi connectivity index (χ3v) is 3.48. The van der Waals surface area contributed by atoms with Crippen LogP contribution in [0.2, 0.25) is 5.02 Å². The monoisotopic (exact) mass is 331 g/mol. The van der Waals surface area contributed by atoms with Crippen molar-refractivity contribution in [3.05, 3.63) is 42.6 Å². The van der Waals surface area contributed by atoms with E-state index < -0.39 is 11.4 Å². The van der Waals surface area contributed by atoms with Crippen LogP contribution in [0.1, 0.15) is 19.8 Å². The second-order valence-electron chi connectivity index (χ2n) is 3.94. The highest BCUT2D eigenvalue weighted by Gasteiger charge is 2.13. The standard InChI is InChI=1S/C12H11BrClNO3/c1-2-3-4-15-10-8(11(16)18-12(15)17)5-7(14)6-9(10)13/h5-6H,2-4H2,1H3. The number of nitrogens with zero attached hydrogens (tertiary/aromatic N) is 1. The zero-order chi connectivity index (χ0) is 13.3. The molecule has 2 aromatic rings. The molecule has 0 aliphatic carbocycles. The Hall–Kier alpha value is -1.07. The molecule has 96 valence electrons. The number of aromatic nitrogens is 1. The Kier molecular flexibility index (Phi) is 3.92. The minimum Gasteiger partial charge on any atom is -0.372 e. The summed E-state index contributed by atoms with van der Waals surface area (Å²) >= 11 is 9.23. The first-order valence-corrected chi connectivity index (χ1v) is 6.74. The Morgan fingerprint density at radius 3 is 2.78 bits per heavy atom. The van der Waals surface area contributed by atoms with Crippen LogP contribution in [-0.4, -0.2) is 4.57 Å². The quantitative estimate of drug-likeness (QED) is 0.867. The summed E-state index contributed by atoms with van der Waals surface area (Å²) in [5.74, 6) is -0.635. The number of hydrogen-bond acceptors (Lipinski definition) is 3. The molecule has 0 N–H and O–H groups in total. The zero-order valence-electron chi connectivity index (χ0n) is 9.70. The predicted octanol–water partition coefficient (Wildman–Crippen LogP) is 3.17. The lowest BCUT2D eigenvalue weighted by atomic mass is 10.2. The van der Waals surface area contributed by atoms with Gasteiger partial charge in [0.05, 0.1) is 10.9 Å². The molecule has 2 rings (SSSR count). The fraction of sp³-hybridized carbons (Fsp3) is 0.333. The van der Waals surface area contributed by atoms with Crippen molar-refractivity contribution in [2.24, 2.45) is 0 Å². The van der Waals surface area contributed by atoms with E-state index in [1.54, 1.807) is 6.07 Å². The van der Waals surface area contributed by atoms with E-state index in [0.29, 0.717) is 26.9 Å². The van der Waals surface area contributed by atoms with Crippen LogP contribution in [0.3, 0.4) is 0 Å². The van der Waals surface area contributed by atoms with Gasteiger partial charge < -0.3 is 4.42 Å². The van der Waals surface area contributed by atoms with Crippen molar-refractivity contribution in [3.63, 3.8) is 0 Å². The van der Waals surface area contributed by atoms with Crippen LogP contribution in [0.25, 0.3) is 10.9 Å². The van der Waals surface area contributed by atoms with Gasteiger partial charge in [-0.1, -0.05) is 24.9 Å². The molecule has 6 heteroatoms. The molecule has 0 radical (unpaired) electrons. The summed E-state index contributed by atoms with van der Waals surface area (Å²) in [6, 6.07) is 3.17. The molecule has 1 aromatic carbocycles. The van der Waals surface area contributed by atoms with Crippen molar-refractivity contribution in [3.8, 4) is 0 Å². The van der Waals surface area contributed by atoms with Gasteiger partial charge in [-0.15, -0.1) is 0 Å². The van der Waals surface area contributed by atoms with E-state index in [1.807, 2.05) is 6.92 Å². The molecule has 1 aromatic heterocycles. The summed E-state index contributed by atoms with van der Waals surface area (Å²) in [7, 11) is 0. The minimum absolute atomic E-state index is 0.310. The molecule has 0 saturated carbocycles. The van der Waals surface area contributed by atoms with E-state index in [2.05, 4.69) is 15.9 Å². The maximum Gasteiger partial charge on any atom is 0.422 e. The number of benzene rings is 1. The van der Waals surface area contributed by atoms with E-state index in [4.69, 9.17) is 16.0 Å². The Morgan fingerprint density at radius 1 is 1.39 bits per heavy atom. The molecule has 0 atom stereocenters. The van der Waals surface area contributed by atoms with Gasteiger partial charge in [-0.3, -0.25) is 4.57 Å². The number of hydrogen-bond donors (Lipinski definition) is 0. The van der Waals surface area contributed by atoms with Gasteiger partial charge >= 0.3 is 11.4 Å². The predicted molar refractivity (Wildman–Crippen MR) is 74.4 cm³/mol. The fourth-order valence-corrected chi connectivity index (χ4v) is 2.82. The number of aryl methyl sites for hydroxylation is 1. The first kappa shape index (κ1) is 13.4. The highest BCUT2D eigenvalue weighted by atomic mass is 79.9. The van der Waals surface area contributed by atoms with E-state index in [0.717, 1.165) is 12.8 Å². The largest absolute Gasteiger partial charge is 0.422 e. The molecule has 0 unspecified atom stereocenters. The molecular weight excluding hydrogens is 321 g/mol. The smallest absolute Gasteiger partial charge is 0.372 e. The van der Waals surface area contributed by atoms with Crippen molar-refractivity contribution >= 4 is 38.4 Å². The van der Waals surface area contributed by atoms with Crippen molar-refractivity contribution in [2.75, 3.05) is 0 Å². The third-order valence-electron chi connectivity index (χ3n) is 2.65. The van der Waals surface area contributed by atoms with Gasteiger partial charge in [-0.05, 0) is 34.5 Å². The molecule has 0 fully saturated rings. The molecule has 1 heterocycles. The Bertz CT molecular complexity index is 705. The molecule has 0 aliphatic rings. The van der Waals surface area contributed by atoms with Gasteiger partial charge in [-0.25, -0.2) is 9.59 Å². The van der Waals surface area contributed by atoms with Crippen LogP contribution in [0, 0.1) is 0 Å². The second-order valence-corrected chi connectivity index (χ2v) is 5.24. The number of unbranched alkanes of at least 4 members (excludes halogenated alkanes) is 1. The van der Waals surface area contributed by atoms with Gasteiger partial charge in [0.2, 0.25) is 0 Å². The lowest BCUT2D eigenvalue weighted by Gasteiger charge is -2.09. The Balaban J connectivity index is 2.85. The third kappa shape index (κ3) is 2.37. The van der Waals surface area contributed by atoms with Gasteiger partial charge in [0, 0.05) is 16.0 Å². The molecule has 18 heavy (non-hydrogen) atoms. The molecule has 0 aliphatic heterocycles. The van der Waals surface area contributed by atoms with Gasteiger partial charge in [0.15, 0.2) is 0 Å². The van der Waals surface area contributed by atoms with E-state index in [9.17, 15) is 9.59 Å². The van der Waals surface area contributed by atoms with Crippen molar-refractivity contribution < 1.29 is 4.42 Å². The number of fused-ring (bicyclic) bond motifs is 1. The fourth-order valence-electron chi connectivity index (χ4n) is 1.80. The molecule has 0 amide bonds. The molecule has 0 spiro atoms. The van der Waals surface area contributed by atoms with Crippen LogP contribution in [0.5, 0.6) is 0 Å². The summed E-state index contributed by atoms with van der Waals surface area (Å²) in [4.78, 5) is 23.4. The summed E-state index contributed by atoms with van der Waals surface area (Å²) in [5.41, 5.74) is -0.125. The van der Waals surface area contributed by atoms with Crippen LogP contribution >= 0.6 is 27.5 Å². The maximum atomic E-state index is 11.7. The van der Waals surface area contributed by atoms with Gasteiger partial charge in [-0.2, -0.15) is 0 Å². The summed E-state index contributed by atoms with van der Waals surface area (Å²) in [5, 5.41) is 0.729. The lowest BCUT2D eigenvalue weighted by molar-refractivity contribution is 0.411. The van der Waals surface area contributed by atoms with Crippen molar-refractivity contribution in [1.82, 2.24) is 4.57 Å². The Morgan fingerprint density at radius 2 is 2.11 bits per heavy atom. The molecule has 4 nitrogen and oxygen atoms in total. The van der Waals surface area contributed by atoms with Crippen LogP contribution in [0.15, 0.2) is 30.6 Å². The maximum absolute atomic E-state index is 11.7.